The van der Waals surface area contributed by atoms with Crippen molar-refractivity contribution in [2.75, 3.05) is 0 Å². The van der Waals surface area contributed by atoms with E-state index in [9.17, 15) is 9.59 Å². The summed E-state index contributed by atoms with van der Waals surface area (Å²) in [5.41, 5.74) is 1.82. The number of hydrogen-bond donors (Lipinski definition) is 0. The van der Waals surface area contributed by atoms with Crippen LogP contribution in [0.5, 0.6) is 0 Å². The molecule has 4 aromatic rings. The van der Waals surface area contributed by atoms with Gasteiger partial charge in [-0.1, -0.05) is 41.0 Å². The molecule has 6 nitrogen and oxygen atoms in total. The number of hydrogen-bond acceptors (Lipinski definition) is 4. The smallest absolute Gasteiger partial charge is 0.408 e. The molecule has 1 amide bonds. The van der Waals surface area contributed by atoms with Gasteiger partial charge >= 0.3 is 5.76 Å². The molecule has 27 heavy (non-hydrogen) atoms. The first-order chi connectivity index (χ1) is 13.1. The van der Waals surface area contributed by atoms with Gasteiger partial charge in [-0.05, 0) is 30.3 Å². The van der Waals surface area contributed by atoms with Crippen molar-refractivity contribution >= 4 is 50.2 Å². The third-order valence-corrected chi connectivity index (χ3v) is 5.26. The van der Waals surface area contributed by atoms with Crippen LogP contribution in [-0.4, -0.2) is 15.0 Å². The highest BCUT2D eigenvalue weighted by Crippen LogP contribution is 2.21. The number of oxazole rings is 1. The first-order valence-electron chi connectivity index (χ1n) is 7.95. The van der Waals surface area contributed by atoms with Gasteiger partial charge in [0, 0.05) is 5.02 Å². The summed E-state index contributed by atoms with van der Waals surface area (Å²) in [6.45, 7) is 0.0449. The SMILES string of the molecule is C#CCn1c(=NC(=O)Cn2c(=O)oc3ccccc32)sc2cc(Cl)ccc21. The highest BCUT2D eigenvalue weighted by atomic mass is 35.5. The van der Waals surface area contributed by atoms with Crippen molar-refractivity contribution in [2.45, 2.75) is 13.1 Å². The van der Waals surface area contributed by atoms with Crippen LogP contribution >= 0.6 is 22.9 Å². The highest BCUT2D eigenvalue weighted by Gasteiger charge is 2.13. The van der Waals surface area contributed by atoms with Gasteiger partial charge in [0.2, 0.25) is 0 Å². The molecule has 0 saturated carbocycles. The Hall–Kier alpha value is -3.08. The van der Waals surface area contributed by atoms with Crippen LogP contribution < -0.4 is 10.6 Å². The number of terminal acetylenes is 1. The molecule has 0 unspecified atom stereocenters. The predicted molar refractivity (Wildman–Crippen MR) is 105 cm³/mol. The lowest BCUT2D eigenvalue weighted by molar-refractivity contribution is -0.118. The largest absolute Gasteiger partial charge is 0.420 e. The van der Waals surface area contributed by atoms with Gasteiger partial charge < -0.3 is 8.98 Å². The average Bonchev–Trinajstić information content (AvgIpc) is 3.13. The molecule has 8 heteroatoms. The fourth-order valence-electron chi connectivity index (χ4n) is 2.82. The van der Waals surface area contributed by atoms with E-state index in [1.807, 2.05) is 6.07 Å². The lowest BCUT2D eigenvalue weighted by Gasteiger charge is -2.00. The van der Waals surface area contributed by atoms with Gasteiger partial charge in [0.25, 0.3) is 5.91 Å². The summed E-state index contributed by atoms with van der Waals surface area (Å²) in [6.07, 6.45) is 5.46. The summed E-state index contributed by atoms with van der Waals surface area (Å²) < 4.78 is 9.04. The third-order valence-electron chi connectivity index (χ3n) is 3.98. The quantitative estimate of drug-likeness (QED) is 0.499. The van der Waals surface area contributed by atoms with Crippen LogP contribution in [0, 0.1) is 12.3 Å². The zero-order chi connectivity index (χ0) is 19.0. The molecule has 134 valence electrons. The monoisotopic (exact) mass is 397 g/mol. The summed E-state index contributed by atoms with van der Waals surface area (Å²) in [5.74, 6) is 1.49. The number of para-hydroxylation sites is 2. The van der Waals surface area contributed by atoms with Gasteiger partial charge in [-0.2, -0.15) is 4.99 Å². The number of halogens is 1. The van der Waals surface area contributed by atoms with Crippen molar-refractivity contribution < 1.29 is 9.21 Å². The maximum Gasteiger partial charge on any atom is 0.420 e. The molecule has 0 aliphatic rings. The maximum absolute atomic E-state index is 12.5. The van der Waals surface area contributed by atoms with Crippen molar-refractivity contribution in [3.8, 4) is 12.3 Å². The number of thiazole rings is 1. The van der Waals surface area contributed by atoms with Gasteiger partial charge in [-0.25, -0.2) is 4.79 Å². The molecule has 0 aliphatic heterocycles. The number of fused-ring (bicyclic) bond motifs is 2. The van der Waals surface area contributed by atoms with E-state index in [1.165, 1.54) is 15.9 Å². The van der Waals surface area contributed by atoms with Crippen molar-refractivity contribution in [3.05, 3.63) is 62.8 Å². The minimum atomic E-state index is -0.598. The Labute approximate surface area is 161 Å². The lowest BCUT2D eigenvalue weighted by atomic mass is 10.3. The molecule has 0 radical (unpaired) electrons. The van der Waals surface area contributed by atoms with Gasteiger partial charge in [0.1, 0.15) is 6.54 Å². The number of benzene rings is 2. The van der Waals surface area contributed by atoms with Gasteiger partial charge in [-0.15, -0.1) is 6.42 Å². The minimum absolute atomic E-state index is 0.221. The number of aromatic nitrogens is 2. The van der Waals surface area contributed by atoms with E-state index in [0.29, 0.717) is 20.9 Å². The zero-order valence-electron chi connectivity index (χ0n) is 13.9. The lowest BCUT2D eigenvalue weighted by Crippen LogP contribution is -2.22. The molecule has 0 saturated heterocycles. The van der Waals surface area contributed by atoms with Crippen LogP contribution in [0.15, 0.2) is 56.7 Å². The summed E-state index contributed by atoms with van der Waals surface area (Å²) in [6, 6.07) is 12.3. The summed E-state index contributed by atoms with van der Waals surface area (Å²) in [4.78, 5) is 29.2. The third kappa shape index (κ3) is 3.21. The number of nitrogens with zero attached hydrogens (tertiary/aromatic N) is 3. The highest BCUT2D eigenvalue weighted by molar-refractivity contribution is 7.16. The Morgan fingerprint density at radius 2 is 2.04 bits per heavy atom. The molecule has 2 aromatic carbocycles. The number of carbonyl (C=O) groups excluding carboxylic acids is 1. The van der Waals surface area contributed by atoms with Crippen LogP contribution in [0.4, 0.5) is 0 Å². The number of amides is 1. The first kappa shape index (κ1) is 17.3. The van der Waals surface area contributed by atoms with E-state index in [-0.39, 0.29) is 13.1 Å². The van der Waals surface area contributed by atoms with Gasteiger partial charge in [0.05, 0.1) is 22.3 Å². The van der Waals surface area contributed by atoms with E-state index >= 15 is 0 Å². The fourth-order valence-corrected chi connectivity index (χ4v) is 4.14. The summed E-state index contributed by atoms with van der Waals surface area (Å²) >= 11 is 7.35. The molecule has 0 aliphatic carbocycles. The molecule has 2 heterocycles. The number of carbonyl (C=O) groups is 1. The van der Waals surface area contributed by atoms with E-state index in [4.69, 9.17) is 22.4 Å². The second-order valence-electron chi connectivity index (χ2n) is 5.71. The number of rotatable bonds is 3. The predicted octanol–water partition coefficient (Wildman–Crippen LogP) is 3.02. The standard InChI is InChI=1S/C19H12ClN3O3S/c1-2-9-22-14-8-7-12(20)10-16(14)27-18(22)21-17(24)11-23-13-5-3-4-6-15(13)26-19(23)25/h1,3-8,10H,9,11H2. The summed E-state index contributed by atoms with van der Waals surface area (Å²) in [5, 5.41) is 0.589. The van der Waals surface area contributed by atoms with Crippen LogP contribution in [0.3, 0.4) is 0 Å². The molecule has 0 bridgehead atoms. The first-order valence-corrected chi connectivity index (χ1v) is 9.14. The fraction of sp³-hybridized carbons (Fsp3) is 0.105. The molecule has 2 aromatic heterocycles. The van der Waals surface area contributed by atoms with Crippen molar-refractivity contribution in [2.24, 2.45) is 4.99 Å². The molecular formula is C19H12ClN3O3S. The zero-order valence-corrected chi connectivity index (χ0v) is 15.5. The molecule has 0 spiro atoms. The Bertz CT molecular complexity index is 1350. The molecule has 0 fully saturated rings. The molecule has 0 N–H and O–H groups in total. The van der Waals surface area contributed by atoms with E-state index < -0.39 is 11.7 Å². The van der Waals surface area contributed by atoms with Crippen LogP contribution in [-0.2, 0) is 17.9 Å². The second kappa shape index (κ2) is 6.91. The van der Waals surface area contributed by atoms with E-state index in [1.54, 1.807) is 41.0 Å². The molecular weight excluding hydrogens is 386 g/mol. The van der Waals surface area contributed by atoms with Gasteiger partial charge in [0.15, 0.2) is 10.4 Å². The minimum Gasteiger partial charge on any atom is -0.408 e. The second-order valence-corrected chi connectivity index (χ2v) is 7.16. The van der Waals surface area contributed by atoms with Crippen molar-refractivity contribution in [3.63, 3.8) is 0 Å². The van der Waals surface area contributed by atoms with E-state index in [2.05, 4.69) is 10.9 Å². The van der Waals surface area contributed by atoms with Crippen molar-refractivity contribution in [1.82, 2.24) is 9.13 Å². The average molecular weight is 398 g/mol. The Morgan fingerprint density at radius 1 is 1.22 bits per heavy atom. The Morgan fingerprint density at radius 3 is 2.85 bits per heavy atom. The topological polar surface area (TPSA) is 69.5 Å². The Kier molecular flexibility index (Phi) is 4.44. The van der Waals surface area contributed by atoms with E-state index in [0.717, 1.165) is 10.2 Å². The van der Waals surface area contributed by atoms with Gasteiger partial charge in [-0.3, -0.25) is 9.36 Å². The Balaban J connectivity index is 1.78. The normalized spacial score (nSPS) is 11.9. The van der Waals surface area contributed by atoms with Crippen LogP contribution in [0.1, 0.15) is 0 Å². The van der Waals surface area contributed by atoms with Crippen LogP contribution in [0.2, 0.25) is 5.02 Å². The van der Waals surface area contributed by atoms with Crippen LogP contribution in [0.25, 0.3) is 21.3 Å². The molecule has 4 rings (SSSR count). The molecule has 0 atom stereocenters. The summed E-state index contributed by atoms with van der Waals surface area (Å²) in [7, 11) is 0. The maximum atomic E-state index is 12.5. The van der Waals surface area contributed by atoms with Crippen molar-refractivity contribution in [1.29, 1.82) is 0 Å².